The first-order valence-corrected chi connectivity index (χ1v) is 17.1. The van der Waals surface area contributed by atoms with Crippen LogP contribution < -0.4 is 9.64 Å². The molecule has 2 aromatic rings. The number of piperidine rings is 1. The van der Waals surface area contributed by atoms with Gasteiger partial charge in [0.25, 0.3) is 0 Å². The molecule has 3 atom stereocenters. The van der Waals surface area contributed by atoms with Gasteiger partial charge in [-0.25, -0.2) is 4.79 Å². The molecule has 49 heavy (non-hydrogen) atoms. The highest BCUT2D eigenvalue weighted by Gasteiger charge is 2.48. The van der Waals surface area contributed by atoms with E-state index in [-0.39, 0.29) is 26.4 Å². The van der Waals surface area contributed by atoms with E-state index >= 15 is 0 Å². The minimum atomic E-state index is -0.980. The Hall–Kier alpha value is -2.97. The lowest BCUT2D eigenvalue weighted by atomic mass is 9.81. The van der Waals surface area contributed by atoms with Crippen LogP contribution in [0.1, 0.15) is 50.3 Å². The van der Waals surface area contributed by atoms with Crippen LogP contribution in [0.3, 0.4) is 0 Å². The monoisotopic (exact) mass is 688 g/mol. The molecule has 0 radical (unpaired) electrons. The highest BCUT2D eigenvalue weighted by Crippen LogP contribution is 2.41. The zero-order valence-corrected chi connectivity index (χ0v) is 30.1. The molecule has 1 saturated heterocycles. The van der Waals surface area contributed by atoms with Crippen LogP contribution in [0.4, 0.5) is 10.5 Å². The fourth-order valence-electron chi connectivity index (χ4n) is 6.10. The molecule has 12 heteroatoms. The number of methoxy groups -OCH3 is 3. The molecule has 4 rings (SSSR count). The van der Waals surface area contributed by atoms with Crippen LogP contribution in [0.5, 0.6) is 5.75 Å². The van der Waals surface area contributed by atoms with Gasteiger partial charge in [-0.2, -0.15) is 0 Å². The summed E-state index contributed by atoms with van der Waals surface area (Å²) in [7, 11) is 4.90. The summed E-state index contributed by atoms with van der Waals surface area (Å²) in [6, 6.07) is 14.2. The van der Waals surface area contributed by atoms with Crippen LogP contribution in [-0.2, 0) is 52.0 Å². The average molecular weight is 689 g/mol. The third-order valence-corrected chi connectivity index (χ3v) is 8.56. The van der Waals surface area contributed by atoms with Gasteiger partial charge in [0.15, 0.2) is 0 Å². The minimum absolute atomic E-state index is 0.0225. The molecule has 1 amide bonds. The zero-order valence-electron chi connectivity index (χ0n) is 30.1. The molecule has 0 bridgehead atoms. The van der Waals surface area contributed by atoms with E-state index in [9.17, 15) is 9.90 Å². The van der Waals surface area contributed by atoms with Crippen molar-refractivity contribution in [1.82, 2.24) is 4.90 Å². The minimum Gasteiger partial charge on any atom is -0.490 e. The summed E-state index contributed by atoms with van der Waals surface area (Å²) < 4.78 is 46.5. The molecule has 1 unspecified atom stereocenters. The number of nitrogens with zero attached hydrogens (tertiary/aromatic N) is 2. The van der Waals surface area contributed by atoms with E-state index in [1.807, 2.05) is 57.2 Å². The molecule has 0 spiro atoms. The summed E-state index contributed by atoms with van der Waals surface area (Å²) in [5, 5.41) is 10.7. The number of fused-ring (bicyclic) bond motifs is 1. The van der Waals surface area contributed by atoms with Gasteiger partial charge in [0.1, 0.15) is 35.8 Å². The lowest BCUT2D eigenvalue weighted by Crippen LogP contribution is -2.58. The maximum atomic E-state index is 13.3. The van der Waals surface area contributed by atoms with Crippen molar-refractivity contribution in [2.24, 2.45) is 0 Å². The number of amides is 1. The van der Waals surface area contributed by atoms with Gasteiger partial charge in [-0.05, 0) is 56.0 Å². The summed E-state index contributed by atoms with van der Waals surface area (Å²) in [6.07, 6.45) is -0.519. The van der Waals surface area contributed by atoms with E-state index in [0.717, 1.165) is 47.6 Å². The molecule has 0 saturated carbocycles. The number of aliphatic hydroxyl groups is 1. The van der Waals surface area contributed by atoms with Gasteiger partial charge in [0, 0.05) is 47.4 Å². The number of hydrogen-bond acceptors (Lipinski definition) is 11. The number of carbonyl (C=O) groups is 1. The van der Waals surface area contributed by atoms with Gasteiger partial charge in [0.2, 0.25) is 0 Å². The van der Waals surface area contributed by atoms with Crippen LogP contribution in [0, 0.1) is 0 Å². The number of carbonyl (C=O) groups excluding carboxylic acids is 1. The predicted molar refractivity (Wildman–Crippen MR) is 185 cm³/mol. The first-order valence-electron chi connectivity index (χ1n) is 17.1. The van der Waals surface area contributed by atoms with E-state index in [0.29, 0.717) is 46.0 Å². The van der Waals surface area contributed by atoms with Crippen LogP contribution in [0.25, 0.3) is 0 Å². The van der Waals surface area contributed by atoms with Crippen LogP contribution in [-0.4, -0.2) is 121 Å². The molecular formula is C37H56N2O10. The van der Waals surface area contributed by atoms with E-state index in [4.69, 9.17) is 37.9 Å². The number of likely N-dealkylation sites (tertiary alicyclic amines) is 1. The molecule has 274 valence electrons. The number of aliphatic hydroxyl groups excluding tert-OH is 1. The van der Waals surface area contributed by atoms with Crippen molar-refractivity contribution in [3.8, 4) is 5.75 Å². The first-order chi connectivity index (χ1) is 23.6. The molecule has 2 aliphatic rings. The summed E-state index contributed by atoms with van der Waals surface area (Å²) in [6.45, 7) is 11.0. The maximum Gasteiger partial charge on any atom is 0.410 e. The van der Waals surface area contributed by atoms with Crippen molar-refractivity contribution < 1.29 is 47.8 Å². The van der Waals surface area contributed by atoms with Gasteiger partial charge in [0.05, 0.1) is 58.4 Å². The topological polar surface area (TPSA) is 118 Å². The number of anilines is 1. The Morgan fingerprint density at radius 3 is 2.43 bits per heavy atom. The second kappa shape index (κ2) is 18.9. The van der Waals surface area contributed by atoms with Crippen molar-refractivity contribution in [2.75, 3.05) is 92.0 Å². The summed E-state index contributed by atoms with van der Waals surface area (Å²) >= 11 is 0. The first kappa shape index (κ1) is 38.8. The Labute approximate surface area is 291 Å². The molecule has 12 nitrogen and oxygen atoms in total. The Morgan fingerprint density at radius 1 is 0.959 bits per heavy atom. The van der Waals surface area contributed by atoms with Crippen LogP contribution in [0.2, 0.25) is 0 Å². The highest BCUT2D eigenvalue weighted by molar-refractivity contribution is 5.68. The van der Waals surface area contributed by atoms with Crippen molar-refractivity contribution in [3.05, 3.63) is 59.2 Å². The Balaban J connectivity index is 1.63. The molecular weight excluding hydrogens is 632 g/mol. The Bertz CT molecular complexity index is 1290. The number of hydrogen-bond donors (Lipinski definition) is 1. The Kier molecular flexibility index (Phi) is 14.9. The molecule has 0 aliphatic carbocycles. The maximum absolute atomic E-state index is 13.3. The second-order valence-corrected chi connectivity index (χ2v) is 13.5. The van der Waals surface area contributed by atoms with Crippen LogP contribution in [0.15, 0.2) is 42.5 Å². The van der Waals surface area contributed by atoms with E-state index in [2.05, 4.69) is 11.0 Å². The second-order valence-electron chi connectivity index (χ2n) is 13.5. The largest absolute Gasteiger partial charge is 0.490 e. The van der Waals surface area contributed by atoms with E-state index in [1.165, 1.54) is 0 Å². The molecule has 1 fully saturated rings. The molecule has 1 N–H and O–H groups in total. The SMILES string of the molecule is COCCCN1CCOc2ccc(CO[C@H]3CN(C(=O)OC(C)(C)C)CC[C@]3(OCC(O)COC)c3ccc(COCCOC)cc3)cc21. The van der Waals surface area contributed by atoms with Crippen molar-refractivity contribution in [1.29, 1.82) is 0 Å². The van der Waals surface area contributed by atoms with Crippen molar-refractivity contribution in [2.45, 2.75) is 70.2 Å². The molecule has 2 heterocycles. The van der Waals surface area contributed by atoms with Gasteiger partial charge in [-0.1, -0.05) is 30.3 Å². The third kappa shape index (κ3) is 11.3. The zero-order chi connectivity index (χ0) is 35.3. The lowest BCUT2D eigenvalue weighted by Gasteiger charge is -2.47. The summed E-state index contributed by atoms with van der Waals surface area (Å²) in [5.74, 6) is 0.845. The quantitative estimate of drug-likeness (QED) is 0.223. The normalized spacial score (nSPS) is 20.1. The third-order valence-electron chi connectivity index (χ3n) is 8.56. The van der Waals surface area contributed by atoms with Crippen molar-refractivity contribution >= 4 is 11.8 Å². The Morgan fingerprint density at radius 2 is 1.71 bits per heavy atom. The predicted octanol–water partition coefficient (Wildman–Crippen LogP) is 4.53. The standard InChI is InChI=1S/C37H56N2O10/c1-36(2,3)49-35(41)39-16-14-37(48-27-31(40)26-44-6,30-11-8-28(9-12-30)24-45-21-20-43-5)34(23-39)47-25-29-10-13-33-32(22-29)38(17-19-46-33)15-7-18-42-4/h8-13,22,31,34,40H,7,14-21,23-27H2,1-6H3/t31?,34-,37-/m0/s1. The van der Waals surface area contributed by atoms with Gasteiger partial charge in [-0.3, -0.25) is 0 Å². The van der Waals surface area contributed by atoms with Gasteiger partial charge < -0.3 is 52.8 Å². The van der Waals surface area contributed by atoms with Crippen molar-refractivity contribution in [3.63, 3.8) is 0 Å². The van der Waals surface area contributed by atoms with Gasteiger partial charge in [-0.15, -0.1) is 0 Å². The smallest absolute Gasteiger partial charge is 0.410 e. The van der Waals surface area contributed by atoms with E-state index in [1.54, 1.807) is 26.2 Å². The van der Waals surface area contributed by atoms with E-state index < -0.39 is 29.5 Å². The summed E-state index contributed by atoms with van der Waals surface area (Å²) in [5.41, 5.74) is 2.25. The fraction of sp³-hybridized carbons (Fsp3) is 0.649. The number of ether oxygens (including phenoxy) is 8. The fourth-order valence-corrected chi connectivity index (χ4v) is 6.10. The molecule has 2 aromatic carbocycles. The average Bonchev–Trinajstić information content (AvgIpc) is 3.08. The molecule has 0 aromatic heterocycles. The highest BCUT2D eigenvalue weighted by atomic mass is 16.6. The lowest BCUT2D eigenvalue weighted by molar-refractivity contribution is -0.198. The summed E-state index contributed by atoms with van der Waals surface area (Å²) in [4.78, 5) is 17.3. The molecule has 2 aliphatic heterocycles. The number of rotatable bonds is 18. The number of benzene rings is 2. The van der Waals surface area contributed by atoms with Crippen LogP contribution >= 0.6 is 0 Å². The van der Waals surface area contributed by atoms with Gasteiger partial charge >= 0.3 is 6.09 Å².